The summed E-state index contributed by atoms with van der Waals surface area (Å²) in [5, 5.41) is 7.78. The predicted octanol–water partition coefficient (Wildman–Crippen LogP) is 2.67. The highest BCUT2D eigenvalue weighted by Gasteiger charge is 2.43. The lowest BCUT2D eigenvalue weighted by atomic mass is 9.73. The lowest BCUT2D eigenvalue weighted by Crippen LogP contribution is -2.48. The van der Waals surface area contributed by atoms with Crippen LogP contribution in [0.15, 0.2) is 12.4 Å². The van der Waals surface area contributed by atoms with Crippen LogP contribution >= 0.6 is 0 Å². The fraction of sp³-hybridized carbons (Fsp3) is 0.800. The molecule has 0 radical (unpaired) electrons. The molecule has 108 valence electrons. The number of rotatable bonds is 5. The van der Waals surface area contributed by atoms with Crippen LogP contribution in [-0.2, 0) is 11.8 Å². The molecule has 19 heavy (non-hydrogen) atoms. The molecule has 0 amide bonds. The minimum Gasteiger partial charge on any atom is -0.373 e. The maximum Gasteiger partial charge on any atom is 0.0879 e. The number of likely N-dealkylation sites (N-methyl/N-ethyl adjacent to an activating group) is 1. The van der Waals surface area contributed by atoms with E-state index in [0.29, 0.717) is 0 Å². The normalized spacial score (nSPS) is 29.4. The minimum atomic E-state index is -0.0792. The van der Waals surface area contributed by atoms with Gasteiger partial charge in [0.05, 0.1) is 17.8 Å². The van der Waals surface area contributed by atoms with E-state index in [0.717, 1.165) is 25.4 Å². The summed E-state index contributed by atoms with van der Waals surface area (Å²) in [5.41, 5.74) is 1.15. The summed E-state index contributed by atoms with van der Waals surface area (Å²) in [6.45, 7) is 5.20. The van der Waals surface area contributed by atoms with Crippen molar-refractivity contribution in [3.63, 3.8) is 0 Å². The summed E-state index contributed by atoms with van der Waals surface area (Å²) >= 11 is 0. The van der Waals surface area contributed by atoms with E-state index in [9.17, 15) is 0 Å². The van der Waals surface area contributed by atoms with E-state index in [-0.39, 0.29) is 11.6 Å². The van der Waals surface area contributed by atoms with E-state index < -0.39 is 0 Å². The Bertz CT molecular complexity index is 400. The van der Waals surface area contributed by atoms with E-state index in [1.54, 1.807) is 0 Å². The van der Waals surface area contributed by atoms with Gasteiger partial charge in [0.1, 0.15) is 0 Å². The molecular formula is C15H27N3O. The predicted molar refractivity (Wildman–Crippen MR) is 77.0 cm³/mol. The highest BCUT2D eigenvalue weighted by atomic mass is 16.5. The van der Waals surface area contributed by atoms with Gasteiger partial charge in [-0.15, -0.1) is 0 Å². The van der Waals surface area contributed by atoms with Gasteiger partial charge >= 0.3 is 0 Å². The number of aryl methyl sites for hydroxylation is 1. The van der Waals surface area contributed by atoms with Crippen molar-refractivity contribution in [3.8, 4) is 0 Å². The third-order valence-corrected chi connectivity index (χ3v) is 4.30. The third kappa shape index (κ3) is 3.00. The van der Waals surface area contributed by atoms with Gasteiger partial charge in [-0.25, -0.2) is 0 Å². The molecule has 0 saturated heterocycles. The maximum atomic E-state index is 6.26. The Kier molecular flexibility index (Phi) is 4.63. The summed E-state index contributed by atoms with van der Waals surface area (Å²) in [6, 6.07) is 0.226. The summed E-state index contributed by atoms with van der Waals surface area (Å²) in [6.07, 6.45) is 8.88. The first-order valence-electron chi connectivity index (χ1n) is 7.41. The second-order valence-corrected chi connectivity index (χ2v) is 5.87. The highest BCUT2D eigenvalue weighted by Crippen LogP contribution is 2.43. The van der Waals surface area contributed by atoms with Crippen LogP contribution in [0.4, 0.5) is 0 Å². The number of nitrogens with one attached hydrogen (secondary N) is 1. The van der Waals surface area contributed by atoms with Crippen LogP contribution in [0.2, 0.25) is 0 Å². The van der Waals surface area contributed by atoms with Crippen LogP contribution in [0.25, 0.3) is 0 Å². The van der Waals surface area contributed by atoms with Gasteiger partial charge in [0.15, 0.2) is 0 Å². The zero-order valence-electron chi connectivity index (χ0n) is 12.6. The molecule has 3 atom stereocenters. The lowest BCUT2D eigenvalue weighted by molar-refractivity contribution is -0.100. The molecule has 0 aromatic carbocycles. The average Bonchev–Trinajstić information content (AvgIpc) is 2.77. The van der Waals surface area contributed by atoms with Gasteiger partial charge in [0.2, 0.25) is 0 Å². The second kappa shape index (κ2) is 6.06. The first-order valence-corrected chi connectivity index (χ1v) is 7.41. The van der Waals surface area contributed by atoms with Crippen molar-refractivity contribution in [1.82, 2.24) is 15.1 Å². The van der Waals surface area contributed by atoms with Crippen LogP contribution < -0.4 is 5.32 Å². The number of aromatic nitrogens is 2. The fourth-order valence-corrected chi connectivity index (χ4v) is 3.63. The van der Waals surface area contributed by atoms with Gasteiger partial charge in [0, 0.05) is 25.4 Å². The summed E-state index contributed by atoms with van der Waals surface area (Å²) in [5.74, 6) is 0.729. The van der Waals surface area contributed by atoms with Crippen LogP contribution in [-0.4, -0.2) is 29.0 Å². The molecule has 2 rings (SSSR count). The molecule has 1 heterocycles. The molecule has 1 aliphatic carbocycles. The molecule has 3 unspecified atom stereocenters. The quantitative estimate of drug-likeness (QED) is 0.889. The molecule has 1 aliphatic rings. The number of hydrogen-bond donors (Lipinski definition) is 1. The number of hydrogen-bond acceptors (Lipinski definition) is 3. The molecule has 0 spiro atoms. The average molecular weight is 265 g/mol. The zero-order valence-corrected chi connectivity index (χ0v) is 12.6. The summed E-state index contributed by atoms with van der Waals surface area (Å²) in [7, 11) is 3.99. The molecule has 1 aromatic heterocycles. The lowest BCUT2D eigenvalue weighted by Gasteiger charge is -2.45. The first-order chi connectivity index (χ1) is 9.11. The Balaban J connectivity index is 2.29. The Morgan fingerprint density at radius 3 is 2.95 bits per heavy atom. The van der Waals surface area contributed by atoms with E-state index in [4.69, 9.17) is 4.74 Å². The molecular weight excluding hydrogens is 238 g/mol. The van der Waals surface area contributed by atoms with Gasteiger partial charge in [-0.2, -0.15) is 5.10 Å². The standard InChI is InChI=1S/C15H27N3O/c1-5-19-15(8-6-7-12(2)9-15)14(16-3)13-10-17-18(4)11-13/h10-12,14,16H,5-9H2,1-4H3. The van der Waals surface area contributed by atoms with E-state index >= 15 is 0 Å². The highest BCUT2D eigenvalue weighted by molar-refractivity contribution is 5.17. The van der Waals surface area contributed by atoms with Crippen molar-refractivity contribution >= 4 is 0 Å². The smallest absolute Gasteiger partial charge is 0.0879 e. The molecule has 1 N–H and O–H groups in total. The molecule has 0 bridgehead atoms. The first kappa shape index (κ1) is 14.5. The SMILES string of the molecule is CCOC1(C(NC)c2cnn(C)c2)CCCC(C)C1. The Morgan fingerprint density at radius 1 is 1.63 bits per heavy atom. The molecule has 1 aromatic rings. The molecule has 4 heteroatoms. The number of ether oxygens (including phenoxy) is 1. The van der Waals surface area contributed by atoms with E-state index in [2.05, 4.69) is 30.5 Å². The van der Waals surface area contributed by atoms with Crippen molar-refractivity contribution in [2.24, 2.45) is 13.0 Å². The minimum absolute atomic E-state index is 0.0792. The molecule has 4 nitrogen and oxygen atoms in total. The van der Waals surface area contributed by atoms with Gasteiger partial charge < -0.3 is 10.1 Å². The number of nitrogens with zero attached hydrogens (tertiary/aromatic N) is 2. The van der Waals surface area contributed by atoms with E-state index in [1.807, 2.05) is 25.0 Å². The zero-order chi connectivity index (χ0) is 13.9. The summed E-state index contributed by atoms with van der Waals surface area (Å²) < 4.78 is 8.12. The Morgan fingerprint density at radius 2 is 2.42 bits per heavy atom. The Labute approximate surface area is 116 Å². The topological polar surface area (TPSA) is 39.1 Å². The van der Waals surface area contributed by atoms with Gasteiger partial charge in [-0.3, -0.25) is 4.68 Å². The van der Waals surface area contributed by atoms with Gasteiger partial charge in [-0.1, -0.05) is 19.8 Å². The summed E-state index contributed by atoms with van der Waals surface area (Å²) in [4.78, 5) is 0. The monoisotopic (exact) mass is 265 g/mol. The van der Waals surface area contributed by atoms with Crippen molar-refractivity contribution in [2.45, 2.75) is 51.2 Å². The second-order valence-electron chi connectivity index (χ2n) is 5.87. The molecule has 0 aliphatic heterocycles. The van der Waals surface area contributed by atoms with E-state index in [1.165, 1.54) is 18.4 Å². The van der Waals surface area contributed by atoms with Crippen molar-refractivity contribution in [2.75, 3.05) is 13.7 Å². The largest absolute Gasteiger partial charge is 0.373 e. The third-order valence-electron chi connectivity index (χ3n) is 4.30. The fourth-order valence-electron chi connectivity index (χ4n) is 3.63. The van der Waals surface area contributed by atoms with Crippen LogP contribution in [0, 0.1) is 5.92 Å². The van der Waals surface area contributed by atoms with Gasteiger partial charge in [0.25, 0.3) is 0 Å². The van der Waals surface area contributed by atoms with Crippen molar-refractivity contribution in [1.29, 1.82) is 0 Å². The van der Waals surface area contributed by atoms with Crippen molar-refractivity contribution in [3.05, 3.63) is 18.0 Å². The van der Waals surface area contributed by atoms with Crippen LogP contribution in [0.3, 0.4) is 0 Å². The van der Waals surface area contributed by atoms with Crippen LogP contribution in [0.5, 0.6) is 0 Å². The van der Waals surface area contributed by atoms with Crippen molar-refractivity contribution < 1.29 is 4.74 Å². The molecule has 1 fully saturated rings. The van der Waals surface area contributed by atoms with Gasteiger partial charge in [-0.05, 0) is 32.7 Å². The molecule has 1 saturated carbocycles. The Hall–Kier alpha value is -0.870. The maximum absolute atomic E-state index is 6.26. The van der Waals surface area contributed by atoms with Crippen LogP contribution in [0.1, 0.15) is 51.1 Å².